The zero-order valence-corrected chi connectivity index (χ0v) is 16.6. The fourth-order valence-corrected chi connectivity index (χ4v) is 3.37. The lowest BCUT2D eigenvalue weighted by molar-refractivity contribution is 0.413. The second-order valence-corrected chi connectivity index (χ2v) is 7.75. The normalized spacial score (nSPS) is 14.1. The molecule has 0 aliphatic heterocycles. The van der Waals surface area contributed by atoms with Crippen molar-refractivity contribution in [2.75, 3.05) is 0 Å². The van der Waals surface area contributed by atoms with Gasteiger partial charge in [0.25, 0.3) is 5.56 Å². The van der Waals surface area contributed by atoms with Gasteiger partial charge < -0.3 is 4.74 Å². The molecule has 4 aromatic rings. The molecule has 8 heteroatoms. The Morgan fingerprint density at radius 3 is 2.52 bits per heavy atom. The van der Waals surface area contributed by atoms with Gasteiger partial charge in [0.2, 0.25) is 0 Å². The monoisotopic (exact) mass is 390 g/mol. The molecule has 0 radical (unpaired) electrons. The van der Waals surface area contributed by atoms with Gasteiger partial charge in [-0.15, -0.1) is 0 Å². The van der Waals surface area contributed by atoms with Gasteiger partial charge in [-0.3, -0.25) is 14.0 Å². The molecule has 1 aromatic carbocycles. The predicted octanol–water partition coefficient (Wildman–Crippen LogP) is 3.70. The van der Waals surface area contributed by atoms with Crippen LogP contribution in [0.5, 0.6) is 11.8 Å². The van der Waals surface area contributed by atoms with Gasteiger partial charge in [-0.25, -0.2) is 4.68 Å². The van der Waals surface area contributed by atoms with Crippen LogP contribution in [0.3, 0.4) is 0 Å². The Labute approximate surface area is 167 Å². The van der Waals surface area contributed by atoms with Gasteiger partial charge in [0, 0.05) is 24.8 Å². The first kappa shape index (κ1) is 17.7. The smallest absolute Gasteiger partial charge is 0.306 e. The van der Waals surface area contributed by atoms with Crippen LogP contribution < -0.4 is 10.3 Å². The van der Waals surface area contributed by atoms with Crippen molar-refractivity contribution >= 4 is 11.0 Å². The van der Waals surface area contributed by atoms with Crippen LogP contribution in [0.25, 0.3) is 22.2 Å². The first-order chi connectivity index (χ1) is 14.0. The van der Waals surface area contributed by atoms with Gasteiger partial charge in [-0.05, 0) is 44.4 Å². The average Bonchev–Trinajstić information content (AvgIpc) is 3.28. The number of nitrogens with zero attached hydrogens (tertiary/aromatic N) is 6. The van der Waals surface area contributed by atoms with Gasteiger partial charge in [0.05, 0.1) is 18.4 Å². The van der Waals surface area contributed by atoms with E-state index in [1.54, 1.807) is 17.9 Å². The van der Waals surface area contributed by atoms with E-state index in [2.05, 4.69) is 21.4 Å². The van der Waals surface area contributed by atoms with Crippen molar-refractivity contribution < 1.29 is 4.74 Å². The quantitative estimate of drug-likeness (QED) is 0.519. The largest absolute Gasteiger partial charge is 0.425 e. The minimum atomic E-state index is -0.180. The summed E-state index contributed by atoms with van der Waals surface area (Å²) in [5, 5.41) is 9.21. The predicted molar refractivity (Wildman–Crippen MR) is 109 cm³/mol. The van der Waals surface area contributed by atoms with E-state index in [9.17, 15) is 4.79 Å². The molecule has 3 heterocycles. The first-order valence-corrected chi connectivity index (χ1v) is 9.78. The number of ether oxygens (including phenoxy) is 1. The molecule has 0 unspecified atom stereocenters. The molecule has 8 nitrogen and oxygen atoms in total. The van der Waals surface area contributed by atoms with Crippen molar-refractivity contribution in [1.82, 2.24) is 29.1 Å². The Morgan fingerprint density at radius 2 is 1.83 bits per heavy atom. The second kappa shape index (κ2) is 6.58. The summed E-state index contributed by atoms with van der Waals surface area (Å²) < 4.78 is 11.1. The van der Waals surface area contributed by atoms with Crippen molar-refractivity contribution in [3.8, 4) is 22.9 Å². The summed E-state index contributed by atoms with van der Waals surface area (Å²) in [5.41, 5.74) is 2.50. The van der Waals surface area contributed by atoms with Gasteiger partial charge >= 0.3 is 6.01 Å². The summed E-state index contributed by atoms with van der Waals surface area (Å²) in [6, 6.07) is 8.61. The van der Waals surface area contributed by atoms with Crippen LogP contribution in [-0.2, 0) is 7.05 Å². The Hall–Kier alpha value is -3.42. The molecule has 1 fully saturated rings. The lowest BCUT2D eigenvalue weighted by Gasteiger charge is -2.11. The summed E-state index contributed by atoms with van der Waals surface area (Å²) in [6.07, 6.45) is 7.95. The van der Waals surface area contributed by atoms with Gasteiger partial charge in [0.1, 0.15) is 11.1 Å². The number of benzene rings is 1. The van der Waals surface area contributed by atoms with E-state index in [1.807, 2.05) is 49.0 Å². The van der Waals surface area contributed by atoms with Crippen LogP contribution >= 0.6 is 0 Å². The molecule has 0 amide bonds. The van der Waals surface area contributed by atoms with E-state index in [4.69, 9.17) is 4.74 Å². The third-order valence-corrected chi connectivity index (χ3v) is 5.20. The highest BCUT2D eigenvalue weighted by molar-refractivity contribution is 5.73. The molecular formula is C21H22N6O2. The maximum atomic E-state index is 12.7. The lowest BCUT2D eigenvalue weighted by atomic mass is 10.1. The summed E-state index contributed by atoms with van der Waals surface area (Å²) in [4.78, 5) is 17.2. The summed E-state index contributed by atoms with van der Waals surface area (Å²) in [6.45, 7) is 3.99. The molecule has 0 N–H and O–H groups in total. The molecule has 5 rings (SSSR count). The summed E-state index contributed by atoms with van der Waals surface area (Å²) in [7, 11) is 1.65. The van der Waals surface area contributed by atoms with Crippen molar-refractivity contribution in [1.29, 1.82) is 0 Å². The van der Waals surface area contributed by atoms with Crippen molar-refractivity contribution in [2.45, 2.75) is 38.8 Å². The Morgan fingerprint density at radius 1 is 1.07 bits per heavy atom. The van der Waals surface area contributed by atoms with E-state index < -0.39 is 0 Å². The van der Waals surface area contributed by atoms with Crippen molar-refractivity contribution in [3.05, 3.63) is 53.2 Å². The Balaban J connectivity index is 1.44. The summed E-state index contributed by atoms with van der Waals surface area (Å²) in [5.74, 6) is 0.612. The molecule has 0 spiro atoms. The first-order valence-electron chi connectivity index (χ1n) is 9.78. The lowest BCUT2D eigenvalue weighted by Crippen LogP contribution is -2.20. The second-order valence-electron chi connectivity index (χ2n) is 7.75. The van der Waals surface area contributed by atoms with Crippen molar-refractivity contribution in [2.24, 2.45) is 7.05 Å². The molecule has 0 bridgehead atoms. The fraction of sp³-hybridized carbons (Fsp3) is 0.333. The third kappa shape index (κ3) is 3.10. The van der Waals surface area contributed by atoms with Gasteiger partial charge in [-0.2, -0.15) is 15.2 Å². The van der Waals surface area contributed by atoms with Crippen LogP contribution in [0.2, 0.25) is 0 Å². The van der Waals surface area contributed by atoms with E-state index in [1.165, 1.54) is 17.4 Å². The minimum Gasteiger partial charge on any atom is -0.425 e. The molecule has 1 aliphatic rings. The van der Waals surface area contributed by atoms with Crippen LogP contribution in [-0.4, -0.2) is 29.1 Å². The van der Waals surface area contributed by atoms with Crippen LogP contribution in [0.1, 0.15) is 38.8 Å². The third-order valence-electron chi connectivity index (χ3n) is 5.20. The average molecular weight is 390 g/mol. The molecule has 0 saturated heterocycles. The molecule has 0 atom stereocenters. The number of rotatable bonds is 5. The molecule has 1 saturated carbocycles. The highest BCUT2D eigenvalue weighted by Crippen LogP contribution is 2.35. The topological polar surface area (TPSA) is 79.8 Å². The maximum Gasteiger partial charge on any atom is 0.306 e. The Kier molecular flexibility index (Phi) is 4.01. The van der Waals surface area contributed by atoms with E-state index in [-0.39, 0.29) is 17.6 Å². The fourth-order valence-electron chi connectivity index (χ4n) is 3.37. The molecule has 29 heavy (non-hydrogen) atoms. The van der Waals surface area contributed by atoms with Crippen LogP contribution in [0.15, 0.2) is 47.7 Å². The zero-order valence-electron chi connectivity index (χ0n) is 16.6. The molecule has 3 aromatic heterocycles. The van der Waals surface area contributed by atoms with Gasteiger partial charge in [0.15, 0.2) is 5.65 Å². The Bertz CT molecular complexity index is 1240. The molecule has 148 valence electrons. The van der Waals surface area contributed by atoms with Gasteiger partial charge in [-0.1, -0.05) is 12.1 Å². The zero-order chi connectivity index (χ0) is 20.1. The summed E-state index contributed by atoms with van der Waals surface area (Å²) >= 11 is 0. The SMILES string of the molecule is CC(C)n1ncc2c(=O)n(C)c(Oc3ccc(-c4cnn(C5CC5)c4)cc3)nc21. The van der Waals surface area contributed by atoms with E-state index in [0.717, 1.165) is 11.1 Å². The highest BCUT2D eigenvalue weighted by atomic mass is 16.5. The van der Waals surface area contributed by atoms with E-state index in [0.29, 0.717) is 22.8 Å². The van der Waals surface area contributed by atoms with E-state index >= 15 is 0 Å². The molecular weight excluding hydrogens is 368 g/mol. The van der Waals surface area contributed by atoms with Crippen LogP contribution in [0.4, 0.5) is 0 Å². The highest BCUT2D eigenvalue weighted by Gasteiger charge is 2.24. The molecule has 1 aliphatic carbocycles. The maximum absolute atomic E-state index is 12.7. The number of hydrogen-bond acceptors (Lipinski definition) is 5. The number of aromatic nitrogens is 6. The number of hydrogen-bond donors (Lipinski definition) is 0. The minimum absolute atomic E-state index is 0.0933. The number of fused-ring (bicyclic) bond motifs is 1. The van der Waals surface area contributed by atoms with Crippen LogP contribution in [0, 0.1) is 0 Å². The standard InChI is InChI=1S/C21H22N6O2/c1-13(2)27-19-18(11-23-27)20(28)25(3)21(24-19)29-17-8-4-14(5-9-17)15-10-22-26(12-15)16-6-7-16/h4-5,8-13,16H,6-7H2,1-3H3. The van der Waals surface area contributed by atoms with Crippen molar-refractivity contribution in [3.63, 3.8) is 0 Å².